The van der Waals surface area contributed by atoms with E-state index < -0.39 is 0 Å². The van der Waals surface area contributed by atoms with E-state index in [0.29, 0.717) is 6.04 Å². The van der Waals surface area contributed by atoms with Crippen molar-refractivity contribution < 1.29 is 4.79 Å². The molecule has 0 radical (unpaired) electrons. The molecule has 1 aromatic carbocycles. The molecule has 0 aliphatic carbocycles. The molecule has 0 aromatic heterocycles. The molecule has 1 saturated heterocycles. The lowest BCUT2D eigenvalue weighted by molar-refractivity contribution is 0.0703. The van der Waals surface area contributed by atoms with Crippen LogP contribution in [0.25, 0.3) is 0 Å². The van der Waals surface area contributed by atoms with E-state index >= 15 is 0 Å². The molecule has 18 heavy (non-hydrogen) atoms. The van der Waals surface area contributed by atoms with E-state index in [2.05, 4.69) is 27.9 Å². The lowest BCUT2D eigenvalue weighted by atomic mass is 10.0. The van der Waals surface area contributed by atoms with Gasteiger partial charge in [0.15, 0.2) is 0 Å². The largest absolute Gasteiger partial charge is 0.339 e. The molecule has 0 atom stereocenters. The molecule has 1 aliphatic rings. The number of carbonyl (C=O) groups is 1. The second-order valence-electron chi connectivity index (χ2n) is 4.41. The number of amides is 1. The maximum absolute atomic E-state index is 12.3. The minimum Gasteiger partial charge on any atom is -0.339 e. The fourth-order valence-electron chi connectivity index (χ4n) is 2.18. The summed E-state index contributed by atoms with van der Waals surface area (Å²) in [6.07, 6.45) is 2.10. The first kappa shape index (κ1) is 15.7. The van der Waals surface area contributed by atoms with Gasteiger partial charge in [-0.2, -0.15) is 0 Å². The fourth-order valence-corrected chi connectivity index (χ4v) is 2.73. The summed E-state index contributed by atoms with van der Waals surface area (Å²) >= 11 is 2.24. The molecule has 0 bridgehead atoms. The third kappa shape index (κ3) is 3.83. The van der Waals surface area contributed by atoms with Gasteiger partial charge in [0, 0.05) is 22.2 Å². The van der Waals surface area contributed by atoms with Crippen LogP contribution in [0, 0.1) is 3.57 Å². The Hall–Kier alpha value is -0.330. The van der Waals surface area contributed by atoms with E-state index in [1.54, 1.807) is 0 Å². The number of hydrogen-bond donors (Lipinski definition) is 1. The molecule has 1 aromatic rings. The molecule has 5 heteroatoms. The van der Waals surface area contributed by atoms with Gasteiger partial charge in [0.25, 0.3) is 5.91 Å². The third-order valence-electron chi connectivity index (χ3n) is 3.25. The molecule has 1 amide bonds. The molecule has 3 nitrogen and oxygen atoms in total. The topological polar surface area (TPSA) is 32.3 Å². The minimum absolute atomic E-state index is 0. The Kier molecular flexibility index (Phi) is 6.38. The maximum Gasteiger partial charge on any atom is 0.253 e. The summed E-state index contributed by atoms with van der Waals surface area (Å²) in [5.74, 6) is 0.135. The van der Waals surface area contributed by atoms with Gasteiger partial charge >= 0.3 is 0 Å². The van der Waals surface area contributed by atoms with Gasteiger partial charge in [-0.05, 0) is 66.7 Å². The number of halogens is 2. The Morgan fingerprint density at radius 2 is 2.06 bits per heavy atom. The molecule has 0 spiro atoms. The highest BCUT2D eigenvalue weighted by Gasteiger charge is 2.22. The Bertz CT molecular complexity index is 408. The van der Waals surface area contributed by atoms with Crippen molar-refractivity contribution in [1.82, 2.24) is 10.2 Å². The Balaban J connectivity index is 0.00000162. The van der Waals surface area contributed by atoms with Gasteiger partial charge < -0.3 is 10.2 Å². The van der Waals surface area contributed by atoms with Crippen molar-refractivity contribution in [1.29, 1.82) is 0 Å². The zero-order valence-electron chi connectivity index (χ0n) is 10.4. The fraction of sp³-hybridized carbons (Fsp3) is 0.462. The first-order chi connectivity index (χ1) is 8.18. The Labute approximate surface area is 128 Å². The van der Waals surface area contributed by atoms with Crippen LogP contribution in [0.3, 0.4) is 0 Å². The zero-order valence-corrected chi connectivity index (χ0v) is 13.3. The normalized spacial score (nSPS) is 15.9. The maximum atomic E-state index is 12.3. The van der Waals surface area contributed by atoms with Gasteiger partial charge in [0.1, 0.15) is 0 Å². The van der Waals surface area contributed by atoms with Crippen LogP contribution in [-0.4, -0.2) is 37.0 Å². The molecule has 1 N–H and O–H groups in total. The number of piperidine rings is 1. The van der Waals surface area contributed by atoms with E-state index in [1.807, 2.05) is 36.2 Å². The average Bonchev–Trinajstić information content (AvgIpc) is 2.38. The van der Waals surface area contributed by atoms with E-state index in [9.17, 15) is 4.79 Å². The second kappa shape index (κ2) is 7.31. The highest BCUT2D eigenvalue weighted by Crippen LogP contribution is 2.15. The minimum atomic E-state index is 0. The predicted octanol–water partition coefficient (Wildman–Crippen LogP) is 2.54. The van der Waals surface area contributed by atoms with Crippen molar-refractivity contribution in [3.05, 3.63) is 33.4 Å². The summed E-state index contributed by atoms with van der Waals surface area (Å²) in [5, 5.41) is 3.32. The first-order valence-corrected chi connectivity index (χ1v) is 7.00. The van der Waals surface area contributed by atoms with Gasteiger partial charge in [-0.15, -0.1) is 12.4 Å². The van der Waals surface area contributed by atoms with Crippen LogP contribution < -0.4 is 5.32 Å². The van der Waals surface area contributed by atoms with Gasteiger partial charge in [-0.1, -0.05) is 6.07 Å². The quantitative estimate of drug-likeness (QED) is 0.800. The van der Waals surface area contributed by atoms with Crippen molar-refractivity contribution >= 4 is 40.9 Å². The molecule has 1 aliphatic heterocycles. The number of benzene rings is 1. The summed E-state index contributed by atoms with van der Waals surface area (Å²) in [6.45, 7) is 2.02. The Morgan fingerprint density at radius 1 is 1.39 bits per heavy atom. The summed E-state index contributed by atoms with van der Waals surface area (Å²) in [5.41, 5.74) is 0.790. The van der Waals surface area contributed by atoms with Crippen LogP contribution in [-0.2, 0) is 0 Å². The van der Waals surface area contributed by atoms with Gasteiger partial charge in [0.05, 0.1) is 0 Å². The number of nitrogens with one attached hydrogen (secondary N) is 1. The number of nitrogens with zero attached hydrogens (tertiary/aromatic N) is 1. The summed E-state index contributed by atoms with van der Waals surface area (Å²) in [7, 11) is 1.91. The summed E-state index contributed by atoms with van der Waals surface area (Å²) in [6, 6.07) is 8.15. The van der Waals surface area contributed by atoms with Gasteiger partial charge in [-0.3, -0.25) is 4.79 Å². The lowest BCUT2D eigenvalue weighted by Gasteiger charge is -2.31. The molecular formula is C13H18ClIN2O. The van der Waals surface area contributed by atoms with Gasteiger partial charge in [-0.25, -0.2) is 0 Å². The number of rotatable bonds is 2. The van der Waals surface area contributed by atoms with Crippen molar-refractivity contribution in [2.45, 2.75) is 18.9 Å². The smallest absolute Gasteiger partial charge is 0.253 e. The SMILES string of the molecule is CN(C(=O)c1cccc(I)c1)C1CCNCC1.Cl. The van der Waals surface area contributed by atoms with Crippen LogP contribution in [0.15, 0.2) is 24.3 Å². The molecule has 0 unspecified atom stereocenters. The van der Waals surface area contributed by atoms with Crippen LogP contribution in [0.5, 0.6) is 0 Å². The molecule has 0 saturated carbocycles. The average molecular weight is 381 g/mol. The second-order valence-corrected chi connectivity index (χ2v) is 5.65. The van der Waals surface area contributed by atoms with Crippen molar-refractivity contribution in [2.24, 2.45) is 0 Å². The van der Waals surface area contributed by atoms with Crippen LogP contribution in [0.4, 0.5) is 0 Å². The van der Waals surface area contributed by atoms with E-state index in [0.717, 1.165) is 35.1 Å². The third-order valence-corrected chi connectivity index (χ3v) is 3.92. The summed E-state index contributed by atoms with van der Waals surface area (Å²) < 4.78 is 1.10. The van der Waals surface area contributed by atoms with E-state index in [1.165, 1.54) is 0 Å². The van der Waals surface area contributed by atoms with E-state index in [4.69, 9.17) is 0 Å². The van der Waals surface area contributed by atoms with Gasteiger partial charge in [0.2, 0.25) is 0 Å². The molecular weight excluding hydrogens is 363 g/mol. The number of carbonyl (C=O) groups excluding carboxylic acids is 1. The first-order valence-electron chi connectivity index (χ1n) is 5.92. The predicted molar refractivity (Wildman–Crippen MR) is 84.4 cm³/mol. The number of hydrogen-bond acceptors (Lipinski definition) is 2. The van der Waals surface area contributed by atoms with Crippen molar-refractivity contribution in [3.63, 3.8) is 0 Å². The lowest BCUT2D eigenvalue weighted by Crippen LogP contribution is -2.43. The molecule has 1 heterocycles. The molecule has 2 rings (SSSR count). The van der Waals surface area contributed by atoms with Crippen LogP contribution >= 0.6 is 35.0 Å². The van der Waals surface area contributed by atoms with Crippen LogP contribution in [0.1, 0.15) is 23.2 Å². The molecule has 100 valence electrons. The standard InChI is InChI=1S/C13H17IN2O.ClH/c1-16(12-5-7-15-8-6-12)13(17)10-3-2-4-11(14)9-10;/h2-4,9,12,15H,5-8H2,1H3;1H. The molecule has 1 fully saturated rings. The highest BCUT2D eigenvalue weighted by molar-refractivity contribution is 14.1. The summed E-state index contributed by atoms with van der Waals surface area (Å²) in [4.78, 5) is 14.2. The van der Waals surface area contributed by atoms with E-state index in [-0.39, 0.29) is 18.3 Å². The zero-order chi connectivity index (χ0) is 12.3. The van der Waals surface area contributed by atoms with Crippen LogP contribution in [0.2, 0.25) is 0 Å². The Morgan fingerprint density at radius 3 is 2.67 bits per heavy atom. The van der Waals surface area contributed by atoms with Crippen molar-refractivity contribution in [3.8, 4) is 0 Å². The monoisotopic (exact) mass is 380 g/mol. The highest BCUT2D eigenvalue weighted by atomic mass is 127. The van der Waals surface area contributed by atoms with Crippen molar-refractivity contribution in [2.75, 3.05) is 20.1 Å².